The Kier molecular flexibility index (Phi) is 3.90. The SMILES string of the molecule is CC1(C)CCc2ccccc2C1Nc1ccc(Cl)cc1Cl. The van der Waals surface area contributed by atoms with E-state index < -0.39 is 0 Å². The van der Waals surface area contributed by atoms with Gasteiger partial charge in [0.2, 0.25) is 0 Å². The van der Waals surface area contributed by atoms with Gasteiger partial charge >= 0.3 is 0 Å². The third-order valence-electron chi connectivity index (χ3n) is 4.42. The van der Waals surface area contributed by atoms with Gasteiger partial charge in [0.25, 0.3) is 0 Å². The molecule has 1 aliphatic carbocycles. The maximum atomic E-state index is 6.32. The molecule has 0 bridgehead atoms. The van der Waals surface area contributed by atoms with Gasteiger partial charge in [-0.1, -0.05) is 61.3 Å². The van der Waals surface area contributed by atoms with Crippen LogP contribution in [0.3, 0.4) is 0 Å². The van der Waals surface area contributed by atoms with Crippen molar-refractivity contribution in [3.05, 3.63) is 63.6 Å². The number of rotatable bonds is 2. The average molecular weight is 320 g/mol. The number of fused-ring (bicyclic) bond motifs is 1. The third kappa shape index (κ3) is 2.90. The van der Waals surface area contributed by atoms with Crippen molar-refractivity contribution >= 4 is 28.9 Å². The summed E-state index contributed by atoms with van der Waals surface area (Å²) in [6, 6.07) is 14.5. The number of benzene rings is 2. The third-order valence-corrected chi connectivity index (χ3v) is 4.97. The molecule has 1 unspecified atom stereocenters. The lowest BCUT2D eigenvalue weighted by Gasteiger charge is -2.41. The highest BCUT2D eigenvalue weighted by atomic mass is 35.5. The first-order valence-electron chi connectivity index (χ1n) is 7.27. The number of anilines is 1. The molecule has 2 aromatic rings. The lowest BCUT2D eigenvalue weighted by molar-refractivity contribution is 0.265. The normalized spacial score (nSPS) is 19.9. The zero-order valence-electron chi connectivity index (χ0n) is 12.3. The molecule has 1 nitrogen and oxygen atoms in total. The first-order valence-corrected chi connectivity index (χ1v) is 8.02. The van der Waals surface area contributed by atoms with Crippen LogP contribution in [-0.4, -0.2) is 0 Å². The average Bonchev–Trinajstić information content (AvgIpc) is 2.44. The molecule has 3 heteroatoms. The molecule has 0 aliphatic heterocycles. The molecule has 0 radical (unpaired) electrons. The van der Waals surface area contributed by atoms with Crippen molar-refractivity contribution in [1.82, 2.24) is 0 Å². The molecule has 0 heterocycles. The minimum Gasteiger partial charge on any atom is -0.376 e. The van der Waals surface area contributed by atoms with E-state index in [0.717, 1.165) is 18.5 Å². The fraction of sp³-hybridized carbons (Fsp3) is 0.333. The van der Waals surface area contributed by atoms with Crippen LogP contribution >= 0.6 is 23.2 Å². The van der Waals surface area contributed by atoms with Gasteiger partial charge in [-0.2, -0.15) is 0 Å². The van der Waals surface area contributed by atoms with Crippen LogP contribution < -0.4 is 5.32 Å². The summed E-state index contributed by atoms with van der Waals surface area (Å²) in [5.74, 6) is 0. The Hall–Kier alpha value is -1.18. The van der Waals surface area contributed by atoms with Crippen LogP contribution in [0.25, 0.3) is 0 Å². The molecule has 3 rings (SSSR count). The van der Waals surface area contributed by atoms with Gasteiger partial charge in [0, 0.05) is 5.02 Å². The number of hydrogen-bond donors (Lipinski definition) is 1. The van der Waals surface area contributed by atoms with Crippen molar-refractivity contribution in [3.63, 3.8) is 0 Å². The second-order valence-corrected chi connectivity index (χ2v) is 7.23. The summed E-state index contributed by atoms with van der Waals surface area (Å²) in [4.78, 5) is 0. The highest BCUT2D eigenvalue weighted by Crippen LogP contribution is 2.46. The highest BCUT2D eigenvalue weighted by molar-refractivity contribution is 6.36. The predicted molar refractivity (Wildman–Crippen MR) is 91.4 cm³/mol. The van der Waals surface area contributed by atoms with Crippen LogP contribution in [0, 0.1) is 5.41 Å². The van der Waals surface area contributed by atoms with E-state index in [4.69, 9.17) is 23.2 Å². The number of halogens is 2. The van der Waals surface area contributed by atoms with Gasteiger partial charge in [-0.25, -0.2) is 0 Å². The summed E-state index contributed by atoms with van der Waals surface area (Å²) in [5, 5.41) is 4.96. The molecular weight excluding hydrogens is 301 g/mol. The molecule has 21 heavy (non-hydrogen) atoms. The molecule has 2 aromatic carbocycles. The Morgan fingerprint density at radius 1 is 1.10 bits per heavy atom. The summed E-state index contributed by atoms with van der Waals surface area (Å²) in [6.45, 7) is 4.62. The van der Waals surface area contributed by atoms with Gasteiger partial charge in [0.05, 0.1) is 16.8 Å². The van der Waals surface area contributed by atoms with E-state index in [1.54, 1.807) is 6.07 Å². The minimum absolute atomic E-state index is 0.178. The van der Waals surface area contributed by atoms with Gasteiger partial charge in [-0.05, 0) is 47.6 Å². The summed E-state index contributed by atoms with van der Waals surface area (Å²) < 4.78 is 0. The Morgan fingerprint density at radius 3 is 2.62 bits per heavy atom. The number of hydrogen-bond acceptors (Lipinski definition) is 1. The van der Waals surface area contributed by atoms with E-state index in [-0.39, 0.29) is 11.5 Å². The number of nitrogens with one attached hydrogen (secondary N) is 1. The van der Waals surface area contributed by atoms with Gasteiger partial charge < -0.3 is 5.32 Å². The first-order chi connectivity index (χ1) is 9.97. The van der Waals surface area contributed by atoms with Crippen LogP contribution in [0.15, 0.2) is 42.5 Å². The zero-order valence-corrected chi connectivity index (χ0v) is 13.8. The molecule has 1 aliphatic rings. The molecule has 0 spiro atoms. The quantitative estimate of drug-likeness (QED) is 0.703. The summed E-state index contributed by atoms with van der Waals surface area (Å²) >= 11 is 12.3. The van der Waals surface area contributed by atoms with Gasteiger partial charge in [0.15, 0.2) is 0 Å². The standard InChI is InChI=1S/C18H19Cl2N/c1-18(2)10-9-12-5-3-4-6-14(12)17(18)21-16-8-7-13(19)11-15(16)20/h3-8,11,17,21H,9-10H2,1-2H3. The largest absolute Gasteiger partial charge is 0.376 e. The van der Waals surface area contributed by atoms with E-state index >= 15 is 0 Å². The van der Waals surface area contributed by atoms with E-state index in [1.165, 1.54) is 11.1 Å². The molecular formula is C18H19Cl2N. The topological polar surface area (TPSA) is 12.0 Å². The van der Waals surface area contributed by atoms with Crippen LogP contribution in [0.1, 0.15) is 37.4 Å². The van der Waals surface area contributed by atoms with E-state index in [1.807, 2.05) is 12.1 Å². The van der Waals surface area contributed by atoms with Crippen molar-refractivity contribution in [2.24, 2.45) is 5.41 Å². The Labute approximate surface area is 136 Å². The summed E-state index contributed by atoms with van der Waals surface area (Å²) in [7, 11) is 0. The van der Waals surface area contributed by atoms with Crippen LogP contribution in [0.4, 0.5) is 5.69 Å². The minimum atomic E-state index is 0.178. The smallest absolute Gasteiger partial charge is 0.0652 e. The molecule has 0 aromatic heterocycles. The second-order valence-electron chi connectivity index (χ2n) is 6.39. The van der Waals surface area contributed by atoms with Crippen LogP contribution in [-0.2, 0) is 6.42 Å². The van der Waals surface area contributed by atoms with Gasteiger partial charge in [0.1, 0.15) is 0 Å². The maximum Gasteiger partial charge on any atom is 0.0652 e. The molecule has 0 saturated heterocycles. The van der Waals surface area contributed by atoms with Crippen molar-refractivity contribution in [2.75, 3.05) is 5.32 Å². The van der Waals surface area contributed by atoms with E-state index in [2.05, 4.69) is 43.4 Å². The molecule has 0 fully saturated rings. The molecule has 0 saturated carbocycles. The zero-order chi connectivity index (χ0) is 15.0. The van der Waals surface area contributed by atoms with Crippen LogP contribution in [0.2, 0.25) is 10.0 Å². The highest BCUT2D eigenvalue weighted by Gasteiger charge is 2.35. The summed E-state index contributed by atoms with van der Waals surface area (Å²) in [6.07, 6.45) is 2.29. The predicted octanol–water partition coefficient (Wildman–Crippen LogP) is 6.12. The monoisotopic (exact) mass is 319 g/mol. The van der Waals surface area contributed by atoms with Crippen molar-refractivity contribution in [2.45, 2.75) is 32.7 Å². The lowest BCUT2D eigenvalue weighted by Crippen LogP contribution is -2.33. The molecule has 1 N–H and O–H groups in total. The van der Waals surface area contributed by atoms with Gasteiger partial charge in [-0.15, -0.1) is 0 Å². The Morgan fingerprint density at radius 2 is 1.86 bits per heavy atom. The summed E-state index contributed by atoms with van der Waals surface area (Å²) in [5.41, 5.74) is 3.92. The Bertz CT molecular complexity index is 664. The Balaban J connectivity index is 1.99. The van der Waals surface area contributed by atoms with Crippen molar-refractivity contribution in [3.8, 4) is 0 Å². The molecule has 1 atom stereocenters. The van der Waals surface area contributed by atoms with Gasteiger partial charge in [-0.3, -0.25) is 0 Å². The lowest BCUT2D eigenvalue weighted by atomic mass is 9.70. The second kappa shape index (κ2) is 5.55. The van der Waals surface area contributed by atoms with E-state index in [0.29, 0.717) is 10.0 Å². The first kappa shape index (κ1) is 14.7. The maximum absolute atomic E-state index is 6.32. The van der Waals surface area contributed by atoms with E-state index in [9.17, 15) is 0 Å². The molecule has 110 valence electrons. The van der Waals surface area contributed by atoms with Crippen LogP contribution in [0.5, 0.6) is 0 Å². The fourth-order valence-corrected chi connectivity index (χ4v) is 3.56. The fourth-order valence-electron chi connectivity index (χ4n) is 3.10. The number of aryl methyl sites for hydroxylation is 1. The van der Waals surface area contributed by atoms with Crippen molar-refractivity contribution < 1.29 is 0 Å². The molecule has 0 amide bonds. The van der Waals surface area contributed by atoms with Crippen molar-refractivity contribution in [1.29, 1.82) is 0 Å².